The predicted octanol–water partition coefficient (Wildman–Crippen LogP) is 2.10. The van der Waals surface area contributed by atoms with Gasteiger partial charge in [0.25, 0.3) is 11.8 Å². The molecule has 0 atom stereocenters. The van der Waals surface area contributed by atoms with Crippen LogP contribution < -0.4 is 4.90 Å². The van der Waals surface area contributed by atoms with E-state index in [1.54, 1.807) is 37.3 Å². The summed E-state index contributed by atoms with van der Waals surface area (Å²) >= 11 is 1.92. The van der Waals surface area contributed by atoms with Crippen molar-refractivity contribution < 1.29 is 28.7 Å². The maximum Gasteiger partial charge on any atom is 0.331 e. The number of amidine groups is 2. The summed E-state index contributed by atoms with van der Waals surface area (Å²) in [5.74, 6) is -2.19. The molecule has 1 aromatic carbocycles. The van der Waals surface area contributed by atoms with Crippen molar-refractivity contribution in [3.05, 3.63) is 52.3 Å². The third-order valence-corrected chi connectivity index (χ3v) is 6.10. The minimum atomic E-state index is -0.673. The number of hydrogen-bond donors (Lipinski definition) is 0. The van der Waals surface area contributed by atoms with Crippen LogP contribution in [-0.4, -0.2) is 59.8 Å². The van der Waals surface area contributed by atoms with Crippen molar-refractivity contribution in [2.45, 2.75) is 6.92 Å². The molecule has 0 N–H and O–H groups in total. The molecule has 2 aliphatic rings. The van der Waals surface area contributed by atoms with Crippen LogP contribution in [0.15, 0.2) is 62.5 Å². The molecule has 3 rings (SSSR count). The number of hydrogen-bond acceptors (Lipinski definition) is 10. The molecule has 0 spiro atoms. The van der Waals surface area contributed by atoms with E-state index in [1.165, 1.54) is 24.0 Å². The van der Waals surface area contributed by atoms with Crippen molar-refractivity contribution in [1.82, 2.24) is 4.90 Å². The molecule has 2 fully saturated rings. The Morgan fingerprint density at radius 3 is 2.00 bits per heavy atom. The molecule has 12 heteroatoms. The molecular weight excluding hydrogens is 456 g/mol. The number of methoxy groups -OCH3 is 2. The van der Waals surface area contributed by atoms with Gasteiger partial charge in [-0.2, -0.15) is 0 Å². The van der Waals surface area contributed by atoms with E-state index in [0.29, 0.717) is 12.2 Å². The van der Waals surface area contributed by atoms with Gasteiger partial charge in [0.1, 0.15) is 0 Å². The number of anilines is 1. The quantitative estimate of drug-likeness (QED) is 0.362. The van der Waals surface area contributed by atoms with Crippen LogP contribution in [0.5, 0.6) is 0 Å². The second kappa shape index (κ2) is 10.3. The van der Waals surface area contributed by atoms with Crippen molar-refractivity contribution in [3.63, 3.8) is 0 Å². The average molecular weight is 475 g/mol. The number of carbonyl (C=O) groups is 4. The number of likely N-dealkylation sites (N-methyl/N-ethyl adjacent to an activating group) is 1. The highest BCUT2D eigenvalue weighted by atomic mass is 32.2. The van der Waals surface area contributed by atoms with E-state index in [2.05, 4.69) is 19.7 Å². The fourth-order valence-electron chi connectivity index (χ4n) is 2.62. The molecule has 1 aromatic rings. The largest absolute Gasteiger partial charge is 0.466 e. The summed E-state index contributed by atoms with van der Waals surface area (Å²) < 4.78 is 9.19. The number of carbonyl (C=O) groups excluding carboxylic acids is 4. The van der Waals surface area contributed by atoms with Gasteiger partial charge < -0.3 is 9.47 Å². The van der Waals surface area contributed by atoms with Gasteiger partial charge in [0, 0.05) is 18.7 Å². The molecule has 0 bridgehead atoms. The number of amides is 2. The lowest BCUT2D eigenvalue weighted by molar-refractivity contribution is -0.135. The zero-order valence-electron chi connectivity index (χ0n) is 17.3. The zero-order valence-corrected chi connectivity index (χ0v) is 18.9. The third-order valence-electron chi connectivity index (χ3n) is 4.15. The normalized spacial score (nSPS) is 21.3. The first-order valence-electron chi connectivity index (χ1n) is 9.21. The number of nitrogens with zero attached hydrogens (tertiary/aromatic N) is 4. The summed E-state index contributed by atoms with van der Waals surface area (Å²) in [6, 6.07) is 8.74. The van der Waals surface area contributed by atoms with Crippen LogP contribution in [0, 0.1) is 0 Å². The molecule has 166 valence electrons. The first-order chi connectivity index (χ1) is 15.4. The van der Waals surface area contributed by atoms with E-state index in [9.17, 15) is 19.2 Å². The minimum absolute atomic E-state index is 0.119. The molecule has 0 aliphatic carbocycles. The first kappa shape index (κ1) is 23.3. The predicted molar refractivity (Wildman–Crippen MR) is 122 cm³/mol. The molecule has 0 radical (unpaired) electrons. The Kier molecular flexibility index (Phi) is 7.49. The minimum Gasteiger partial charge on any atom is -0.466 e. The van der Waals surface area contributed by atoms with Crippen LogP contribution in [0.2, 0.25) is 0 Å². The summed E-state index contributed by atoms with van der Waals surface area (Å²) in [7, 11) is 2.43. The van der Waals surface area contributed by atoms with Crippen molar-refractivity contribution >= 4 is 63.3 Å². The monoisotopic (exact) mass is 474 g/mol. The fraction of sp³-hybridized carbons (Fsp3) is 0.200. The van der Waals surface area contributed by atoms with Crippen LogP contribution in [0.1, 0.15) is 6.92 Å². The van der Waals surface area contributed by atoms with Crippen molar-refractivity contribution in [2.24, 2.45) is 10.2 Å². The van der Waals surface area contributed by atoms with E-state index in [1.807, 2.05) is 0 Å². The van der Waals surface area contributed by atoms with Gasteiger partial charge in [0.05, 0.1) is 29.7 Å². The average Bonchev–Trinajstić information content (AvgIpc) is 3.27. The van der Waals surface area contributed by atoms with Gasteiger partial charge in [-0.25, -0.2) is 9.59 Å². The van der Waals surface area contributed by atoms with Gasteiger partial charge in [-0.1, -0.05) is 18.2 Å². The molecule has 2 aliphatic heterocycles. The Bertz CT molecular complexity index is 1080. The van der Waals surface area contributed by atoms with E-state index in [0.717, 1.165) is 35.7 Å². The molecule has 0 aromatic heterocycles. The van der Waals surface area contributed by atoms with Crippen LogP contribution in [0.4, 0.5) is 5.69 Å². The summed E-state index contributed by atoms with van der Waals surface area (Å²) in [5.41, 5.74) is 0.533. The van der Waals surface area contributed by atoms with Crippen LogP contribution >= 0.6 is 23.5 Å². The standard InChI is InChI=1S/C20H18N4O6S2/c1-4-23-17(27)13(10-15(25)29-2)31-19(23)21-22-20-24(12-8-6-5-7-9-12)18(28)14(32-20)11-16(26)30-3/h5-11H,4H2,1-3H3/b13-10-,14-11-,21-19+,22-20+. The Morgan fingerprint density at radius 1 is 0.906 bits per heavy atom. The number of ether oxygens (including phenoxy) is 2. The number of esters is 2. The third kappa shape index (κ3) is 4.92. The molecule has 32 heavy (non-hydrogen) atoms. The maximum absolute atomic E-state index is 12.9. The second-order valence-corrected chi connectivity index (χ2v) is 8.08. The molecule has 2 amide bonds. The van der Waals surface area contributed by atoms with Gasteiger partial charge in [0.2, 0.25) is 5.17 Å². The second-order valence-electron chi connectivity index (χ2n) is 6.06. The number of thioether (sulfide) groups is 2. The SMILES string of the molecule is CCN1C(=O)/C(=C/C(=O)OC)S/C1=N/N=C1/S/C(=C\C(=O)OC)C(=O)N1c1ccccc1. The lowest BCUT2D eigenvalue weighted by Crippen LogP contribution is -2.30. The molecule has 0 saturated carbocycles. The Morgan fingerprint density at radius 2 is 1.44 bits per heavy atom. The molecule has 0 unspecified atom stereocenters. The van der Waals surface area contributed by atoms with Gasteiger partial charge in [-0.3, -0.25) is 19.4 Å². The van der Waals surface area contributed by atoms with Crippen molar-refractivity contribution in [3.8, 4) is 0 Å². The van der Waals surface area contributed by atoms with E-state index >= 15 is 0 Å². The van der Waals surface area contributed by atoms with Crippen LogP contribution in [0.25, 0.3) is 0 Å². The van der Waals surface area contributed by atoms with E-state index in [-0.39, 0.29) is 20.1 Å². The summed E-state index contributed by atoms with van der Waals surface area (Å²) in [6.07, 6.45) is 2.18. The highest BCUT2D eigenvalue weighted by Gasteiger charge is 2.37. The van der Waals surface area contributed by atoms with E-state index < -0.39 is 23.8 Å². The van der Waals surface area contributed by atoms with Crippen LogP contribution in [-0.2, 0) is 28.7 Å². The number of para-hydroxylation sites is 1. The van der Waals surface area contributed by atoms with Gasteiger partial charge >= 0.3 is 11.9 Å². The Labute approximate surface area is 192 Å². The molecule has 2 saturated heterocycles. The summed E-state index contributed by atoms with van der Waals surface area (Å²) in [4.78, 5) is 51.5. The Balaban J connectivity index is 1.99. The smallest absolute Gasteiger partial charge is 0.331 e. The fourth-order valence-corrected chi connectivity index (χ4v) is 4.47. The lowest BCUT2D eigenvalue weighted by atomic mass is 10.3. The van der Waals surface area contributed by atoms with Crippen LogP contribution in [0.3, 0.4) is 0 Å². The maximum atomic E-state index is 12.9. The Hall–Kier alpha value is -3.38. The first-order valence-corrected chi connectivity index (χ1v) is 10.8. The van der Waals surface area contributed by atoms with Gasteiger partial charge in [-0.05, 0) is 42.6 Å². The molecule has 2 heterocycles. The lowest BCUT2D eigenvalue weighted by Gasteiger charge is -2.15. The van der Waals surface area contributed by atoms with E-state index in [4.69, 9.17) is 0 Å². The summed E-state index contributed by atoms with van der Waals surface area (Å²) in [5, 5.41) is 8.78. The van der Waals surface area contributed by atoms with Crippen molar-refractivity contribution in [2.75, 3.05) is 25.7 Å². The summed E-state index contributed by atoms with van der Waals surface area (Å²) in [6.45, 7) is 2.06. The zero-order chi connectivity index (χ0) is 23.3. The molecule has 10 nitrogen and oxygen atoms in total. The topological polar surface area (TPSA) is 118 Å². The molecular formula is C20H18N4O6S2. The highest BCUT2D eigenvalue weighted by molar-refractivity contribution is 8.19. The van der Waals surface area contributed by atoms with Crippen molar-refractivity contribution in [1.29, 1.82) is 0 Å². The number of rotatable bonds is 5. The van der Waals surface area contributed by atoms with Gasteiger partial charge in [0.15, 0.2) is 5.17 Å². The van der Waals surface area contributed by atoms with Gasteiger partial charge in [-0.15, -0.1) is 10.2 Å². The number of benzene rings is 1. The highest BCUT2D eigenvalue weighted by Crippen LogP contribution is 2.36.